The van der Waals surface area contributed by atoms with Gasteiger partial charge in [0, 0.05) is 19.0 Å². The van der Waals surface area contributed by atoms with Crippen LogP contribution in [0, 0.1) is 0 Å². The molecule has 0 bridgehead atoms. The first kappa shape index (κ1) is 22.7. The van der Waals surface area contributed by atoms with Gasteiger partial charge in [-0.2, -0.15) is 0 Å². The highest BCUT2D eigenvalue weighted by Crippen LogP contribution is 2.18. The number of nitrogens with zero attached hydrogens (tertiary/aromatic N) is 1. The minimum absolute atomic E-state index is 0. The summed E-state index contributed by atoms with van der Waals surface area (Å²) in [6.45, 7) is 9.89. The van der Waals surface area contributed by atoms with Crippen molar-refractivity contribution in [3.8, 4) is 0 Å². The maximum Gasteiger partial charge on any atom is 0.325 e. The van der Waals surface area contributed by atoms with Gasteiger partial charge in [0.15, 0.2) is 5.96 Å². The standard InChI is InChI=1S/C18H29N3O2.HI/c1-13(15-10-8-7-9-11-15)14(2)21-17(19-6)20-12-16(22)23-18(3,4)5;/h7-11,13-14H,12H2,1-6H3,(H2,19,20,21);1H. The summed E-state index contributed by atoms with van der Waals surface area (Å²) in [5.41, 5.74) is 0.778. The quantitative estimate of drug-likeness (QED) is 0.315. The van der Waals surface area contributed by atoms with E-state index in [1.807, 2.05) is 39.0 Å². The first-order valence-electron chi connectivity index (χ1n) is 7.97. The van der Waals surface area contributed by atoms with E-state index >= 15 is 0 Å². The lowest BCUT2D eigenvalue weighted by Gasteiger charge is -2.24. The van der Waals surface area contributed by atoms with Crippen molar-refractivity contribution in [3.05, 3.63) is 35.9 Å². The first-order chi connectivity index (χ1) is 10.7. The monoisotopic (exact) mass is 447 g/mol. The molecule has 5 nitrogen and oxygen atoms in total. The van der Waals surface area contributed by atoms with E-state index in [1.54, 1.807) is 7.05 Å². The molecule has 0 heterocycles. The molecule has 0 aromatic heterocycles. The Morgan fingerprint density at radius 3 is 2.29 bits per heavy atom. The van der Waals surface area contributed by atoms with Gasteiger partial charge in [-0.1, -0.05) is 37.3 Å². The molecule has 1 aromatic carbocycles. The fourth-order valence-corrected chi connectivity index (χ4v) is 2.11. The molecule has 0 aliphatic heterocycles. The highest BCUT2D eigenvalue weighted by Gasteiger charge is 2.18. The van der Waals surface area contributed by atoms with Crippen molar-refractivity contribution in [1.82, 2.24) is 10.6 Å². The summed E-state index contributed by atoms with van der Waals surface area (Å²) in [6, 6.07) is 10.5. The Balaban J connectivity index is 0.00000529. The molecule has 136 valence electrons. The number of guanidine groups is 1. The summed E-state index contributed by atoms with van der Waals surface area (Å²) < 4.78 is 5.27. The Kier molecular flexibility index (Phi) is 9.96. The minimum Gasteiger partial charge on any atom is -0.459 e. The van der Waals surface area contributed by atoms with E-state index in [0.29, 0.717) is 11.9 Å². The van der Waals surface area contributed by atoms with Gasteiger partial charge in [0.1, 0.15) is 12.1 Å². The average Bonchev–Trinajstić information content (AvgIpc) is 2.49. The van der Waals surface area contributed by atoms with Crippen LogP contribution in [-0.2, 0) is 9.53 Å². The van der Waals surface area contributed by atoms with Crippen LogP contribution >= 0.6 is 24.0 Å². The molecule has 0 fully saturated rings. The number of esters is 1. The fraction of sp³-hybridized carbons (Fsp3) is 0.556. The topological polar surface area (TPSA) is 62.7 Å². The van der Waals surface area contributed by atoms with Crippen molar-refractivity contribution in [2.24, 2.45) is 4.99 Å². The number of ether oxygens (including phenoxy) is 1. The summed E-state index contributed by atoms with van der Waals surface area (Å²) in [5.74, 6) is 0.603. The Hall–Kier alpha value is -1.31. The van der Waals surface area contributed by atoms with Crippen molar-refractivity contribution in [2.45, 2.75) is 52.2 Å². The third-order valence-corrected chi connectivity index (χ3v) is 3.48. The van der Waals surface area contributed by atoms with E-state index < -0.39 is 5.60 Å². The number of nitrogens with one attached hydrogen (secondary N) is 2. The lowest BCUT2D eigenvalue weighted by molar-refractivity contribution is -0.153. The predicted octanol–water partition coefficient (Wildman–Crippen LogP) is 3.30. The highest BCUT2D eigenvalue weighted by molar-refractivity contribution is 14.0. The van der Waals surface area contributed by atoms with E-state index in [-0.39, 0.29) is 42.5 Å². The number of hydrogen-bond acceptors (Lipinski definition) is 3. The summed E-state index contributed by atoms with van der Waals surface area (Å²) in [5, 5.41) is 6.31. The molecule has 0 aliphatic carbocycles. The number of benzene rings is 1. The van der Waals surface area contributed by atoms with Crippen LogP contribution in [0.1, 0.15) is 46.1 Å². The van der Waals surface area contributed by atoms with Crippen LogP contribution in [-0.4, -0.2) is 37.2 Å². The van der Waals surface area contributed by atoms with Gasteiger partial charge < -0.3 is 15.4 Å². The molecule has 2 atom stereocenters. The van der Waals surface area contributed by atoms with Crippen LogP contribution < -0.4 is 10.6 Å². The molecule has 24 heavy (non-hydrogen) atoms. The SMILES string of the molecule is CN=C(NCC(=O)OC(C)(C)C)NC(C)C(C)c1ccccc1.I. The molecule has 0 amide bonds. The zero-order valence-electron chi connectivity index (χ0n) is 15.4. The Morgan fingerprint density at radius 1 is 1.21 bits per heavy atom. The largest absolute Gasteiger partial charge is 0.459 e. The number of hydrogen-bond donors (Lipinski definition) is 2. The van der Waals surface area contributed by atoms with E-state index in [1.165, 1.54) is 5.56 Å². The second-order valence-corrected chi connectivity index (χ2v) is 6.64. The van der Waals surface area contributed by atoms with Crippen molar-refractivity contribution in [1.29, 1.82) is 0 Å². The number of rotatable bonds is 5. The molecule has 0 aliphatic rings. The summed E-state index contributed by atoms with van der Waals surface area (Å²) >= 11 is 0. The molecule has 1 aromatic rings. The molecule has 0 radical (unpaired) electrons. The fourth-order valence-electron chi connectivity index (χ4n) is 2.11. The third kappa shape index (κ3) is 8.52. The lowest BCUT2D eigenvalue weighted by Crippen LogP contribution is -2.46. The Bertz CT molecular complexity index is 527. The molecule has 0 saturated carbocycles. The van der Waals surface area contributed by atoms with Crippen LogP contribution in [0.25, 0.3) is 0 Å². The molecule has 2 unspecified atom stereocenters. The number of aliphatic imine (C=N–C) groups is 1. The molecule has 0 saturated heterocycles. The first-order valence-corrected chi connectivity index (χ1v) is 7.97. The number of halogens is 1. The van der Waals surface area contributed by atoms with Crippen molar-refractivity contribution in [3.63, 3.8) is 0 Å². The van der Waals surface area contributed by atoms with Gasteiger partial charge in [0.25, 0.3) is 0 Å². The molecule has 6 heteroatoms. The van der Waals surface area contributed by atoms with Gasteiger partial charge in [-0.25, -0.2) is 0 Å². The van der Waals surface area contributed by atoms with Crippen molar-refractivity contribution in [2.75, 3.05) is 13.6 Å². The van der Waals surface area contributed by atoms with Gasteiger partial charge in [0.2, 0.25) is 0 Å². The van der Waals surface area contributed by atoms with Gasteiger partial charge in [-0.15, -0.1) is 24.0 Å². The Labute approximate surface area is 162 Å². The maximum absolute atomic E-state index is 11.8. The minimum atomic E-state index is -0.481. The molecule has 1 rings (SSSR count). The summed E-state index contributed by atoms with van der Waals surface area (Å²) in [4.78, 5) is 15.9. The van der Waals surface area contributed by atoms with Gasteiger partial charge in [0.05, 0.1) is 0 Å². The van der Waals surface area contributed by atoms with Crippen LogP contribution in [0.5, 0.6) is 0 Å². The van der Waals surface area contributed by atoms with Gasteiger partial charge >= 0.3 is 5.97 Å². The van der Waals surface area contributed by atoms with E-state index in [2.05, 4.69) is 41.6 Å². The zero-order chi connectivity index (χ0) is 17.5. The van der Waals surface area contributed by atoms with E-state index in [4.69, 9.17) is 4.74 Å². The average molecular weight is 447 g/mol. The normalized spacial score (nSPS) is 14.2. The van der Waals surface area contributed by atoms with Crippen LogP contribution in [0.15, 0.2) is 35.3 Å². The van der Waals surface area contributed by atoms with Crippen molar-refractivity contribution < 1.29 is 9.53 Å². The number of carbonyl (C=O) groups excluding carboxylic acids is 1. The second-order valence-electron chi connectivity index (χ2n) is 6.64. The Morgan fingerprint density at radius 2 is 1.79 bits per heavy atom. The van der Waals surface area contributed by atoms with Gasteiger partial charge in [-0.3, -0.25) is 9.79 Å². The van der Waals surface area contributed by atoms with E-state index in [9.17, 15) is 4.79 Å². The highest BCUT2D eigenvalue weighted by atomic mass is 127. The third-order valence-electron chi connectivity index (χ3n) is 3.48. The zero-order valence-corrected chi connectivity index (χ0v) is 17.8. The van der Waals surface area contributed by atoms with Gasteiger partial charge in [-0.05, 0) is 33.3 Å². The van der Waals surface area contributed by atoms with E-state index in [0.717, 1.165) is 0 Å². The van der Waals surface area contributed by atoms with Crippen LogP contribution in [0.3, 0.4) is 0 Å². The van der Waals surface area contributed by atoms with Crippen LogP contribution in [0.2, 0.25) is 0 Å². The van der Waals surface area contributed by atoms with Crippen molar-refractivity contribution >= 4 is 35.9 Å². The smallest absolute Gasteiger partial charge is 0.325 e. The maximum atomic E-state index is 11.8. The molecular formula is C18H30IN3O2. The molecular weight excluding hydrogens is 417 g/mol. The second kappa shape index (κ2) is 10.5. The predicted molar refractivity (Wildman–Crippen MR) is 110 cm³/mol. The summed E-state index contributed by atoms with van der Waals surface area (Å²) in [6.07, 6.45) is 0. The lowest BCUT2D eigenvalue weighted by atomic mass is 9.94. The summed E-state index contributed by atoms with van der Waals surface area (Å²) in [7, 11) is 1.68. The molecule has 2 N–H and O–H groups in total. The molecule has 0 spiro atoms. The van der Waals surface area contributed by atoms with Crippen LogP contribution in [0.4, 0.5) is 0 Å². The number of carbonyl (C=O) groups is 1.